The van der Waals surface area contributed by atoms with Gasteiger partial charge < -0.3 is 21.1 Å². The van der Waals surface area contributed by atoms with Crippen molar-refractivity contribution in [3.05, 3.63) is 11.1 Å². The topological polar surface area (TPSA) is 91.5 Å². The van der Waals surface area contributed by atoms with Crippen LogP contribution in [0.15, 0.2) is 5.38 Å². The van der Waals surface area contributed by atoms with Crippen LogP contribution in [0.4, 0.5) is 5.13 Å². The summed E-state index contributed by atoms with van der Waals surface area (Å²) in [5, 5.41) is 14.3. The van der Waals surface area contributed by atoms with Crippen LogP contribution in [0.5, 0.6) is 0 Å². The van der Waals surface area contributed by atoms with Crippen LogP contribution in [0.1, 0.15) is 25.6 Å². The Morgan fingerprint density at radius 2 is 2.28 bits per heavy atom. The smallest absolute Gasteiger partial charge is 0.326 e. The summed E-state index contributed by atoms with van der Waals surface area (Å²) in [6.07, 6.45) is 0. The Bertz CT molecular complexity index is 417. The first-order chi connectivity index (χ1) is 8.24. The third kappa shape index (κ3) is 3.66. The number of hydrogen-bond donors (Lipinski definition) is 3. The largest absolute Gasteiger partial charge is 0.480 e. The molecule has 0 aromatic carbocycles. The second-order valence-electron chi connectivity index (χ2n) is 4.95. The quantitative estimate of drug-likeness (QED) is 0.715. The number of anilines is 1. The van der Waals surface area contributed by atoms with Crippen molar-refractivity contribution >= 4 is 22.4 Å². The van der Waals surface area contributed by atoms with E-state index < -0.39 is 12.0 Å². The van der Waals surface area contributed by atoms with Gasteiger partial charge in [0, 0.05) is 17.5 Å². The summed E-state index contributed by atoms with van der Waals surface area (Å²) in [5.74, 6) is -1.07. The molecular weight excluding hydrogens is 252 g/mol. The van der Waals surface area contributed by atoms with Crippen molar-refractivity contribution in [1.29, 1.82) is 0 Å². The molecule has 1 heterocycles. The Labute approximate surface area is 111 Å². The second-order valence-corrected chi connectivity index (χ2v) is 5.81. The highest BCUT2D eigenvalue weighted by atomic mass is 32.1. The number of nitrogens with one attached hydrogen (secondary N) is 1. The van der Waals surface area contributed by atoms with Gasteiger partial charge in [-0.2, -0.15) is 0 Å². The summed E-state index contributed by atoms with van der Waals surface area (Å²) in [4.78, 5) is 17.0. The molecule has 1 rings (SSSR count). The molecule has 102 valence electrons. The number of hydrogen-bond acceptors (Lipinski definition) is 6. The van der Waals surface area contributed by atoms with E-state index in [2.05, 4.69) is 29.0 Å². The van der Waals surface area contributed by atoms with Crippen molar-refractivity contribution in [2.45, 2.75) is 25.4 Å². The second kappa shape index (κ2) is 5.64. The van der Waals surface area contributed by atoms with Gasteiger partial charge in [0.15, 0.2) is 5.13 Å². The number of carboxylic acid groups (broad SMARTS) is 1. The van der Waals surface area contributed by atoms with Gasteiger partial charge in [0.2, 0.25) is 0 Å². The zero-order valence-corrected chi connectivity index (χ0v) is 11.9. The van der Waals surface area contributed by atoms with Gasteiger partial charge >= 0.3 is 5.97 Å². The highest BCUT2D eigenvalue weighted by Crippen LogP contribution is 2.21. The molecule has 6 nitrogen and oxygen atoms in total. The molecule has 0 fully saturated rings. The number of aliphatic carboxylic acids is 1. The predicted octanol–water partition coefficient (Wildman–Crippen LogP) is 0.980. The summed E-state index contributed by atoms with van der Waals surface area (Å²) in [5.41, 5.74) is 5.86. The Morgan fingerprint density at radius 1 is 1.67 bits per heavy atom. The predicted molar refractivity (Wildman–Crippen MR) is 72.9 cm³/mol. The molecule has 1 aromatic heterocycles. The maximum atomic E-state index is 10.7. The number of carbonyl (C=O) groups is 1. The minimum atomic E-state index is -1.07. The molecule has 0 bridgehead atoms. The monoisotopic (exact) mass is 272 g/mol. The van der Waals surface area contributed by atoms with Crippen LogP contribution in [0, 0.1) is 0 Å². The lowest BCUT2D eigenvalue weighted by atomic mass is 10.1. The van der Waals surface area contributed by atoms with E-state index in [1.807, 2.05) is 14.1 Å². The van der Waals surface area contributed by atoms with Crippen LogP contribution in [0.3, 0.4) is 0 Å². The maximum absolute atomic E-state index is 10.7. The van der Waals surface area contributed by atoms with E-state index >= 15 is 0 Å². The van der Waals surface area contributed by atoms with Gasteiger partial charge in [0.25, 0.3) is 0 Å². The SMILES string of the molecule is CN(C)C(C)(C)CNc1nc(C(N)C(=O)O)cs1. The van der Waals surface area contributed by atoms with Crippen molar-refractivity contribution in [2.75, 3.05) is 26.0 Å². The number of rotatable bonds is 6. The van der Waals surface area contributed by atoms with Gasteiger partial charge in [-0.3, -0.25) is 4.79 Å². The molecule has 4 N–H and O–H groups in total. The summed E-state index contributed by atoms with van der Waals surface area (Å²) in [6.45, 7) is 4.93. The summed E-state index contributed by atoms with van der Waals surface area (Å²) in [7, 11) is 4.02. The minimum Gasteiger partial charge on any atom is -0.480 e. The Kier molecular flexibility index (Phi) is 4.66. The molecule has 0 spiro atoms. The van der Waals surface area contributed by atoms with Gasteiger partial charge in [-0.1, -0.05) is 0 Å². The van der Waals surface area contributed by atoms with Gasteiger partial charge in [-0.15, -0.1) is 11.3 Å². The number of nitrogens with two attached hydrogens (primary N) is 1. The van der Waals surface area contributed by atoms with Crippen LogP contribution in [0.2, 0.25) is 0 Å². The van der Waals surface area contributed by atoms with Crippen LogP contribution < -0.4 is 11.1 Å². The molecule has 0 radical (unpaired) electrons. The van der Waals surface area contributed by atoms with E-state index in [1.165, 1.54) is 11.3 Å². The van der Waals surface area contributed by atoms with Crippen LogP contribution in [-0.4, -0.2) is 47.1 Å². The van der Waals surface area contributed by atoms with Gasteiger partial charge in [0.1, 0.15) is 6.04 Å². The molecule has 1 unspecified atom stereocenters. The standard InChI is InChI=1S/C11H20N4O2S/c1-11(2,15(3)4)6-13-10-14-7(5-18-10)8(12)9(16)17/h5,8H,6,12H2,1-4H3,(H,13,14)(H,16,17). The first-order valence-electron chi connectivity index (χ1n) is 5.59. The highest BCUT2D eigenvalue weighted by Gasteiger charge is 2.21. The molecule has 1 aromatic rings. The fraction of sp³-hybridized carbons (Fsp3) is 0.636. The first-order valence-corrected chi connectivity index (χ1v) is 6.47. The van der Waals surface area contributed by atoms with E-state index in [0.717, 1.165) is 6.54 Å². The van der Waals surface area contributed by atoms with Crippen molar-refractivity contribution < 1.29 is 9.90 Å². The average molecular weight is 272 g/mol. The highest BCUT2D eigenvalue weighted by molar-refractivity contribution is 7.13. The van der Waals surface area contributed by atoms with Crippen molar-refractivity contribution in [2.24, 2.45) is 5.73 Å². The molecule has 0 amide bonds. The average Bonchev–Trinajstić information content (AvgIpc) is 2.73. The third-order valence-corrected chi connectivity index (χ3v) is 3.81. The number of aromatic nitrogens is 1. The lowest BCUT2D eigenvalue weighted by molar-refractivity contribution is -0.138. The van der Waals surface area contributed by atoms with E-state index in [0.29, 0.717) is 10.8 Å². The molecule has 0 saturated carbocycles. The third-order valence-electron chi connectivity index (χ3n) is 2.99. The van der Waals surface area contributed by atoms with Crippen molar-refractivity contribution in [1.82, 2.24) is 9.88 Å². The van der Waals surface area contributed by atoms with Crippen molar-refractivity contribution in [3.63, 3.8) is 0 Å². The van der Waals surface area contributed by atoms with Crippen LogP contribution in [0.25, 0.3) is 0 Å². The van der Waals surface area contributed by atoms with E-state index in [4.69, 9.17) is 10.8 Å². The molecular formula is C11H20N4O2S. The fourth-order valence-electron chi connectivity index (χ4n) is 1.09. The van der Waals surface area contributed by atoms with Crippen LogP contribution in [-0.2, 0) is 4.79 Å². The number of likely N-dealkylation sites (N-methyl/N-ethyl adjacent to an activating group) is 1. The number of carboxylic acids is 1. The van der Waals surface area contributed by atoms with Gasteiger partial charge in [-0.25, -0.2) is 4.98 Å². The molecule has 0 aliphatic heterocycles. The molecule has 0 aliphatic carbocycles. The summed E-state index contributed by atoms with van der Waals surface area (Å²) < 4.78 is 0. The first kappa shape index (κ1) is 14.9. The van der Waals surface area contributed by atoms with Gasteiger partial charge in [-0.05, 0) is 27.9 Å². The Hall–Kier alpha value is -1.18. The van der Waals surface area contributed by atoms with Crippen molar-refractivity contribution in [3.8, 4) is 0 Å². The van der Waals surface area contributed by atoms with E-state index in [-0.39, 0.29) is 5.54 Å². The number of nitrogens with zero attached hydrogens (tertiary/aromatic N) is 2. The maximum Gasteiger partial charge on any atom is 0.326 e. The molecule has 18 heavy (non-hydrogen) atoms. The molecule has 0 aliphatic rings. The van der Waals surface area contributed by atoms with E-state index in [1.54, 1.807) is 5.38 Å². The normalized spacial score (nSPS) is 13.7. The zero-order valence-electron chi connectivity index (χ0n) is 11.1. The molecule has 7 heteroatoms. The lowest BCUT2D eigenvalue weighted by Crippen LogP contribution is -2.44. The number of thiazole rings is 1. The minimum absolute atomic E-state index is 0.0131. The summed E-state index contributed by atoms with van der Waals surface area (Å²) >= 11 is 1.36. The molecule has 1 atom stereocenters. The summed E-state index contributed by atoms with van der Waals surface area (Å²) in [6, 6.07) is -1.06. The van der Waals surface area contributed by atoms with Crippen LogP contribution >= 0.6 is 11.3 Å². The fourth-order valence-corrected chi connectivity index (χ4v) is 1.83. The van der Waals surface area contributed by atoms with Gasteiger partial charge in [0.05, 0.1) is 5.69 Å². The van der Waals surface area contributed by atoms with E-state index in [9.17, 15) is 4.79 Å². The lowest BCUT2D eigenvalue weighted by Gasteiger charge is -2.32. The molecule has 0 saturated heterocycles. The Balaban J connectivity index is 2.63. The zero-order chi connectivity index (χ0) is 13.9. The Morgan fingerprint density at radius 3 is 2.78 bits per heavy atom.